The molecule has 1 heterocycles. The lowest BCUT2D eigenvalue weighted by atomic mass is 9.93. The summed E-state index contributed by atoms with van der Waals surface area (Å²) in [5, 5.41) is 2.84. The molecule has 120 valence electrons. The van der Waals surface area contributed by atoms with Crippen LogP contribution in [0.2, 0.25) is 0 Å². The molecule has 0 aromatic carbocycles. The number of nitrogens with zero attached hydrogens (tertiary/aromatic N) is 1. The van der Waals surface area contributed by atoms with Gasteiger partial charge in [0.2, 0.25) is 5.91 Å². The van der Waals surface area contributed by atoms with Crippen molar-refractivity contribution in [3.8, 4) is 0 Å². The minimum absolute atomic E-state index is 0.000482. The number of piperidine rings is 1. The summed E-state index contributed by atoms with van der Waals surface area (Å²) < 4.78 is 4.90. The Kier molecular flexibility index (Phi) is 5.85. The normalized spacial score (nSPS) is 29.2. The lowest BCUT2D eigenvalue weighted by molar-refractivity contribution is -0.138. The van der Waals surface area contributed by atoms with Crippen LogP contribution >= 0.6 is 0 Å². The molecular weight excluding hydrogens is 270 g/mol. The van der Waals surface area contributed by atoms with Crippen LogP contribution in [-0.4, -0.2) is 49.2 Å². The molecule has 1 aliphatic carbocycles. The first-order valence-corrected chi connectivity index (χ1v) is 8.07. The van der Waals surface area contributed by atoms with Crippen LogP contribution in [0.3, 0.4) is 0 Å². The van der Waals surface area contributed by atoms with Crippen molar-refractivity contribution in [2.24, 2.45) is 17.6 Å². The average molecular weight is 297 g/mol. The molecule has 0 aromatic rings. The molecule has 2 aliphatic rings. The number of nitrogens with one attached hydrogen (secondary N) is 1. The maximum absolute atomic E-state index is 12.7. The van der Waals surface area contributed by atoms with E-state index in [0.717, 1.165) is 38.6 Å². The summed E-state index contributed by atoms with van der Waals surface area (Å²) in [7, 11) is 0. The van der Waals surface area contributed by atoms with Crippen LogP contribution in [0.4, 0.5) is 4.79 Å². The van der Waals surface area contributed by atoms with E-state index in [1.807, 2.05) is 4.90 Å². The Hall–Kier alpha value is -1.30. The van der Waals surface area contributed by atoms with E-state index in [9.17, 15) is 9.59 Å². The Balaban J connectivity index is 1.88. The van der Waals surface area contributed by atoms with E-state index in [0.29, 0.717) is 25.6 Å². The molecule has 0 spiro atoms. The molecule has 1 saturated heterocycles. The summed E-state index contributed by atoms with van der Waals surface area (Å²) in [4.78, 5) is 26.0. The fourth-order valence-corrected chi connectivity index (χ4v) is 3.51. The smallest absolute Gasteiger partial charge is 0.407 e. The summed E-state index contributed by atoms with van der Waals surface area (Å²) in [5.41, 5.74) is 5.77. The zero-order valence-corrected chi connectivity index (χ0v) is 12.8. The monoisotopic (exact) mass is 297 g/mol. The molecule has 0 radical (unpaired) electrons. The first kappa shape index (κ1) is 16.1. The van der Waals surface area contributed by atoms with Gasteiger partial charge in [-0.2, -0.15) is 0 Å². The zero-order chi connectivity index (χ0) is 15.2. The van der Waals surface area contributed by atoms with Crippen LogP contribution < -0.4 is 11.1 Å². The number of nitrogens with two attached hydrogens (primary N) is 1. The largest absolute Gasteiger partial charge is 0.450 e. The van der Waals surface area contributed by atoms with Crippen LogP contribution in [0.5, 0.6) is 0 Å². The maximum Gasteiger partial charge on any atom is 0.407 e. The molecule has 21 heavy (non-hydrogen) atoms. The number of hydrogen-bond donors (Lipinski definition) is 2. The van der Waals surface area contributed by atoms with Gasteiger partial charge < -0.3 is 20.7 Å². The van der Waals surface area contributed by atoms with Crippen LogP contribution in [0.15, 0.2) is 0 Å². The Morgan fingerprint density at radius 1 is 1.29 bits per heavy atom. The number of amides is 2. The van der Waals surface area contributed by atoms with Gasteiger partial charge >= 0.3 is 6.09 Å². The molecule has 3 unspecified atom stereocenters. The van der Waals surface area contributed by atoms with Gasteiger partial charge in [0.1, 0.15) is 0 Å². The van der Waals surface area contributed by atoms with Crippen LogP contribution in [-0.2, 0) is 9.53 Å². The molecule has 1 aliphatic heterocycles. The highest BCUT2D eigenvalue weighted by atomic mass is 16.5. The van der Waals surface area contributed by atoms with E-state index in [1.54, 1.807) is 6.92 Å². The summed E-state index contributed by atoms with van der Waals surface area (Å²) in [5.74, 6) is 0.630. The van der Waals surface area contributed by atoms with Gasteiger partial charge in [0.05, 0.1) is 6.61 Å². The lowest BCUT2D eigenvalue weighted by Gasteiger charge is -2.35. The highest BCUT2D eigenvalue weighted by Crippen LogP contribution is 2.33. The van der Waals surface area contributed by atoms with Crippen LogP contribution in [0.1, 0.15) is 39.0 Å². The van der Waals surface area contributed by atoms with E-state index in [1.165, 1.54) is 0 Å². The first-order valence-electron chi connectivity index (χ1n) is 8.07. The number of rotatable bonds is 4. The van der Waals surface area contributed by atoms with Crippen molar-refractivity contribution >= 4 is 12.0 Å². The predicted molar refractivity (Wildman–Crippen MR) is 79.6 cm³/mol. The molecule has 0 aromatic heterocycles. The number of hydrogen-bond acceptors (Lipinski definition) is 4. The topological polar surface area (TPSA) is 84.7 Å². The molecule has 3 atom stereocenters. The van der Waals surface area contributed by atoms with E-state index in [-0.39, 0.29) is 17.9 Å². The quantitative estimate of drug-likeness (QED) is 0.813. The van der Waals surface area contributed by atoms with Gasteiger partial charge in [-0.1, -0.05) is 6.42 Å². The third-order valence-corrected chi connectivity index (χ3v) is 4.61. The highest BCUT2D eigenvalue weighted by Gasteiger charge is 2.36. The van der Waals surface area contributed by atoms with Gasteiger partial charge in [0.25, 0.3) is 0 Å². The number of carbonyl (C=O) groups excluding carboxylic acids is 2. The van der Waals surface area contributed by atoms with Gasteiger partial charge in [-0.15, -0.1) is 0 Å². The fraction of sp³-hybridized carbons (Fsp3) is 0.867. The van der Waals surface area contributed by atoms with Crippen molar-refractivity contribution in [2.75, 3.05) is 26.2 Å². The van der Waals surface area contributed by atoms with Crippen LogP contribution in [0.25, 0.3) is 0 Å². The van der Waals surface area contributed by atoms with Crippen LogP contribution in [0, 0.1) is 11.8 Å². The predicted octanol–water partition coefficient (Wildman–Crippen LogP) is 1.10. The van der Waals surface area contributed by atoms with E-state index in [2.05, 4.69) is 5.32 Å². The number of alkyl carbamates (subject to hydrolysis) is 1. The molecular formula is C15H27N3O3. The Morgan fingerprint density at radius 2 is 2.10 bits per heavy atom. The third-order valence-electron chi connectivity index (χ3n) is 4.61. The van der Waals surface area contributed by atoms with Crippen molar-refractivity contribution in [1.29, 1.82) is 0 Å². The Labute approximate surface area is 126 Å². The number of likely N-dealkylation sites (tertiary alicyclic amines) is 1. The molecule has 2 rings (SSSR count). The summed E-state index contributed by atoms with van der Waals surface area (Å²) in [6, 6.07) is -0.000482. The van der Waals surface area contributed by atoms with Gasteiger partial charge in [-0.25, -0.2) is 4.79 Å². The Bertz CT molecular complexity index is 375. The molecule has 0 bridgehead atoms. The molecule has 2 amide bonds. The Morgan fingerprint density at radius 3 is 2.81 bits per heavy atom. The summed E-state index contributed by atoms with van der Waals surface area (Å²) in [6.45, 7) is 4.11. The van der Waals surface area contributed by atoms with Gasteiger partial charge in [-0.05, 0) is 45.1 Å². The summed E-state index contributed by atoms with van der Waals surface area (Å²) in [6.07, 6.45) is 4.53. The van der Waals surface area contributed by atoms with Crippen molar-refractivity contribution in [2.45, 2.75) is 45.1 Å². The third kappa shape index (κ3) is 4.09. The van der Waals surface area contributed by atoms with Gasteiger partial charge in [0.15, 0.2) is 0 Å². The second-order valence-electron chi connectivity index (χ2n) is 6.02. The van der Waals surface area contributed by atoms with Crippen molar-refractivity contribution in [1.82, 2.24) is 10.2 Å². The van der Waals surface area contributed by atoms with Crippen molar-refractivity contribution in [3.63, 3.8) is 0 Å². The molecule has 2 fully saturated rings. The first-order chi connectivity index (χ1) is 10.2. The molecule has 6 heteroatoms. The zero-order valence-electron chi connectivity index (χ0n) is 12.8. The minimum atomic E-state index is -0.391. The maximum atomic E-state index is 12.7. The second-order valence-corrected chi connectivity index (χ2v) is 6.02. The van der Waals surface area contributed by atoms with E-state index >= 15 is 0 Å². The summed E-state index contributed by atoms with van der Waals surface area (Å²) >= 11 is 0. The number of carbonyl (C=O) groups is 2. The number of ether oxygens (including phenoxy) is 1. The fourth-order valence-electron chi connectivity index (χ4n) is 3.51. The molecule has 6 nitrogen and oxygen atoms in total. The van der Waals surface area contributed by atoms with Gasteiger partial charge in [-0.3, -0.25) is 4.79 Å². The molecule has 3 N–H and O–H groups in total. The van der Waals surface area contributed by atoms with Gasteiger partial charge in [0, 0.05) is 25.0 Å². The second kappa shape index (κ2) is 7.64. The average Bonchev–Trinajstić information content (AvgIpc) is 2.95. The standard InChI is InChI=1S/C15H27N3O3/c1-2-21-15(20)17-12-6-4-8-18(10-12)14(19)13-7-3-5-11(13)9-16/h11-13H,2-10,16H2,1H3,(H,17,20). The molecule has 1 saturated carbocycles. The van der Waals surface area contributed by atoms with E-state index in [4.69, 9.17) is 10.5 Å². The van der Waals surface area contributed by atoms with Crippen molar-refractivity contribution < 1.29 is 14.3 Å². The minimum Gasteiger partial charge on any atom is -0.450 e. The van der Waals surface area contributed by atoms with E-state index < -0.39 is 6.09 Å². The van der Waals surface area contributed by atoms with Crippen molar-refractivity contribution in [3.05, 3.63) is 0 Å². The lowest BCUT2D eigenvalue weighted by Crippen LogP contribution is -2.51. The highest BCUT2D eigenvalue weighted by molar-refractivity contribution is 5.79. The SMILES string of the molecule is CCOC(=O)NC1CCCN(C(=O)C2CCCC2CN)C1.